The highest BCUT2D eigenvalue weighted by Crippen LogP contribution is 2.45. The van der Waals surface area contributed by atoms with Crippen LogP contribution in [0.25, 0.3) is 44.5 Å². The molecule has 54 heavy (non-hydrogen) atoms. The Morgan fingerprint density at radius 2 is 0.500 bits per heavy atom. The van der Waals surface area contributed by atoms with Crippen molar-refractivity contribution in [3.8, 4) is 44.5 Å². The van der Waals surface area contributed by atoms with Gasteiger partial charge < -0.3 is 0 Å². The minimum Gasteiger partial charge on any atom is -0.166 e. The monoisotopic (exact) mass is 960 g/mol. The molecule has 0 unspecified atom stereocenters. The summed E-state index contributed by atoms with van der Waals surface area (Å²) < 4.78 is 84.0. The van der Waals surface area contributed by atoms with Crippen molar-refractivity contribution < 1.29 is 26.3 Å². The quantitative estimate of drug-likeness (QED) is 0.122. The molecule has 0 saturated heterocycles. The fourth-order valence-corrected chi connectivity index (χ4v) is 8.96. The normalized spacial score (nSPS) is 11.7. The van der Waals surface area contributed by atoms with E-state index in [1.807, 2.05) is 128 Å². The first kappa shape index (κ1) is 41.5. The molecule has 0 spiro atoms. The van der Waals surface area contributed by atoms with Crippen LogP contribution in [0.3, 0.4) is 0 Å². The topological polar surface area (TPSA) is 0 Å². The Bertz CT molecular complexity index is 1970. The SMILES string of the molecule is Cc1cccc(C)c1-c1cc(C(F)(F)F)cc(-c2c(C)cccc2C)c1I.Cc1cccc(C)c1-c1cc(C(F)(F)F)cc(-c2c(C)cccc2C)c1I. The second-order valence-electron chi connectivity index (χ2n) is 13.8. The fraction of sp³-hybridized carbons (Fsp3) is 0.217. The second-order valence-corrected chi connectivity index (χ2v) is 16.0. The van der Waals surface area contributed by atoms with E-state index in [0.717, 1.165) is 73.9 Å². The first-order valence-corrected chi connectivity index (χ1v) is 19.5. The third-order valence-electron chi connectivity index (χ3n) is 9.80. The molecule has 0 saturated carbocycles. The maximum atomic E-state index is 13.7. The summed E-state index contributed by atoms with van der Waals surface area (Å²) >= 11 is 4.38. The fourth-order valence-electron chi connectivity index (χ4n) is 7.26. The summed E-state index contributed by atoms with van der Waals surface area (Å²) in [7, 11) is 0. The molecular weight excluding hydrogens is 920 g/mol. The summed E-state index contributed by atoms with van der Waals surface area (Å²) in [6, 6.07) is 28.4. The number of hydrogen-bond acceptors (Lipinski definition) is 0. The summed E-state index contributed by atoms with van der Waals surface area (Å²) in [5.74, 6) is 0. The minimum absolute atomic E-state index is 0.613. The highest BCUT2D eigenvalue weighted by Gasteiger charge is 2.34. The van der Waals surface area contributed by atoms with E-state index in [0.29, 0.717) is 22.3 Å². The summed E-state index contributed by atoms with van der Waals surface area (Å²) in [5.41, 5.74) is 12.6. The molecule has 0 nitrogen and oxygen atoms in total. The number of rotatable bonds is 4. The number of halogens is 8. The second kappa shape index (κ2) is 16.2. The molecular formula is C46H40F6I2. The zero-order valence-electron chi connectivity index (χ0n) is 31.3. The van der Waals surface area contributed by atoms with E-state index >= 15 is 0 Å². The Balaban J connectivity index is 0.000000208. The highest BCUT2D eigenvalue weighted by molar-refractivity contribution is 14.1. The average molecular weight is 961 g/mol. The molecule has 0 radical (unpaired) electrons. The standard InChI is InChI=1S/2C23H20F3I/c2*1-13-7-5-8-14(2)20(13)18-11-17(23(24,25)26)12-19(22(18)27)21-15(3)9-6-10-16(21)4/h2*5-12H,1-4H3. The smallest absolute Gasteiger partial charge is 0.166 e. The van der Waals surface area contributed by atoms with Crippen LogP contribution >= 0.6 is 45.2 Å². The van der Waals surface area contributed by atoms with E-state index in [1.54, 1.807) is 0 Å². The van der Waals surface area contributed by atoms with Gasteiger partial charge in [0.05, 0.1) is 11.1 Å². The van der Waals surface area contributed by atoms with E-state index in [2.05, 4.69) is 45.2 Å². The van der Waals surface area contributed by atoms with Crippen LogP contribution in [0.2, 0.25) is 0 Å². The van der Waals surface area contributed by atoms with E-state index < -0.39 is 23.5 Å². The molecule has 0 atom stereocenters. The van der Waals surface area contributed by atoms with Crippen molar-refractivity contribution in [2.45, 2.75) is 67.7 Å². The van der Waals surface area contributed by atoms with E-state index in [-0.39, 0.29) is 0 Å². The van der Waals surface area contributed by atoms with Gasteiger partial charge in [-0.25, -0.2) is 0 Å². The molecule has 0 aromatic heterocycles. The lowest BCUT2D eigenvalue weighted by atomic mass is 9.89. The Kier molecular flexibility index (Phi) is 12.5. The first-order valence-electron chi connectivity index (χ1n) is 17.3. The molecule has 0 N–H and O–H groups in total. The predicted octanol–water partition coefficient (Wildman–Crippen LogP) is 15.8. The van der Waals surface area contributed by atoms with Gasteiger partial charge >= 0.3 is 12.4 Å². The van der Waals surface area contributed by atoms with Gasteiger partial charge in [0.2, 0.25) is 0 Å². The predicted molar refractivity (Wildman–Crippen MR) is 228 cm³/mol. The third kappa shape index (κ3) is 8.59. The van der Waals surface area contributed by atoms with Crippen LogP contribution in [0.5, 0.6) is 0 Å². The summed E-state index contributed by atoms with van der Waals surface area (Å²) in [5, 5.41) is 0. The van der Waals surface area contributed by atoms with Gasteiger partial charge in [-0.3, -0.25) is 0 Å². The molecule has 0 bridgehead atoms. The summed E-state index contributed by atoms with van der Waals surface area (Å²) in [6.07, 6.45) is -8.80. The molecule has 6 rings (SSSR count). The van der Waals surface area contributed by atoms with E-state index in [4.69, 9.17) is 0 Å². The lowest BCUT2D eigenvalue weighted by molar-refractivity contribution is -0.138. The molecule has 0 amide bonds. The highest BCUT2D eigenvalue weighted by atomic mass is 127. The van der Waals surface area contributed by atoms with Crippen molar-refractivity contribution in [1.82, 2.24) is 0 Å². The Hall–Kier alpha value is -3.64. The summed E-state index contributed by atoms with van der Waals surface area (Å²) in [4.78, 5) is 0. The van der Waals surface area contributed by atoms with Crippen LogP contribution < -0.4 is 0 Å². The average Bonchev–Trinajstić information content (AvgIpc) is 3.06. The maximum absolute atomic E-state index is 13.7. The van der Waals surface area contributed by atoms with Gasteiger partial charge in [-0.2, -0.15) is 26.3 Å². The molecule has 0 heterocycles. The van der Waals surface area contributed by atoms with Crippen LogP contribution in [0, 0.1) is 62.5 Å². The number of aryl methyl sites for hydroxylation is 8. The molecule has 0 fully saturated rings. The maximum Gasteiger partial charge on any atom is 0.416 e. The van der Waals surface area contributed by atoms with Crippen molar-refractivity contribution in [1.29, 1.82) is 0 Å². The molecule has 0 aliphatic carbocycles. The van der Waals surface area contributed by atoms with Gasteiger partial charge in [0.15, 0.2) is 0 Å². The number of hydrogen-bond donors (Lipinski definition) is 0. The number of benzene rings is 6. The molecule has 0 aliphatic rings. The zero-order valence-corrected chi connectivity index (χ0v) is 35.6. The van der Waals surface area contributed by atoms with Gasteiger partial charge in [-0.1, -0.05) is 72.8 Å². The van der Waals surface area contributed by atoms with Crippen LogP contribution in [-0.2, 0) is 12.4 Å². The molecule has 6 aromatic carbocycles. The largest absolute Gasteiger partial charge is 0.416 e. The van der Waals surface area contributed by atoms with E-state index in [9.17, 15) is 26.3 Å². The van der Waals surface area contributed by atoms with Crippen molar-refractivity contribution >= 4 is 45.2 Å². The van der Waals surface area contributed by atoms with Gasteiger partial charge in [0.1, 0.15) is 0 Å². The Morgan fingerprint density at radius 1 is 0.333 bits per heavy atom. The third-order valence-corrected chi connectivity index (χ3v) is 12.1. The van der Waals surface area contributed by atoms with Gasteiger partial charge in [-0.15, -0.1) is 0 Å². The van der Waals surface area contributed by atoms with Crippen molar-refractivity contribution in [2.24, 2.45) is 0 Å². The van der Waals surface area contributed by atoms with E-state index in [1.165, 1.54) is 24.3 Å². The van der Waals surface area contributed by atoms with Crippen LogP contribution in [-0.4, -0.2) is 0 Å². The Morgan fingerprint density at radius 3 is 0.648 bits per heavy atom. The number of alkyl halides is 6. The molecule has 0 aliphatic heterocycles. The van der Waals surface area contributed by atoms with Crippen LogP contribution in [0.4, 0.5) is 26.3 Å². The van der Waals surface area contributed by atoms with Gasteiger partial charge in [-0.05, 0) is 214 Å². The van der Waals surface area contributed by atoms with Crippen molar-refractivity contribution in [3.05, 3.63) is 160 Å². The van der Waals surface area contributed by atoms with Crippen molar-refractivity contribution in [2.75, 3.05) is 0 Å². The lowest BCUT2D eigenvalue weighted by Crippen LogP contribution is -2.07. The lowest BCUT2D eigenvalue weighted by Gasteiger charge is -2.20. The minimum atomic E-state index is -4.40. The molecule has 280 valence electrons. The van der Waals surface area contributed by atoms with Gasteiger partial charge in [0.25, 0.3) is 0 Å². The zero-order chi connectivity index (χ0) is 39.9. The Labute approximate surface area is 341 Å². The first-order chi connectivity index (χ1) is 25.2. The van der Waals surface area contributed by atoms with Gasteiger partial charge in [0, 0.05) is 7.14 Å². The van der Waals surface area contributed by atoms with Crippen molar-refractivity contribution in [3.63, 3.8) is 0 Å². The molecule has 8 heteroatoms. The van der Waals surface area contributed by atoms with Crippen LogP contribution in [0.1, 0.15) is 55.6 Å². The molecule has 6 aromatic rings. The summed E-state index contributed by atoms with van der Waals surface area (Å²) in [6.45, 7) is 15.5. The van der Waals surface area contributed by atoms with Crippen LogP contribution in [0.15, 0.2) is 97.1 Å².